The summed E-state index contributed by atoms with van der Waals surface area (Å²) >= 11 is 0. The number of carbonyl (C=O) groups is 1. The highest BCUT2D eigenvalue weighted by atomic mass is 16.2. The Bertz CT molecular complexity index is 978. The van der Waals surface area contributed by atoms with Crippen molar-refractivity contribution in [1.29, 1.82) is 0 Å². The smallest absolute Gasteiger partial charge is 0.319 e. The van der Waals surface area contributed by atoms with Crippen molar-refractivity contribution in [3.63, 3.8) is 0 Å². The minimum absolute atomic E-state index is 0.192. The third-order valence-corrected chi connectivity index (χ3v) is 5.15. The van der Waals surface area contributed by atoms with E-state index >= 15 is 0 Å². The molecule has 0 unspecified atom stereocenters. The number of nitrogens with one attached hydrogen (secondary N) is 2. The van der Waals surface area contributed by atoms with E-state index in [0.717, 1.165) is 23.5 Å². The van der Waals surface area contributed by atoms with Crippen LogP contribution in [0.25, 0.3) is 0 Å². The zero-order valence-electron chi connectivity index (χ0n) is 17.4. The lowest BCUT2D eigenvalue weighted by atomic mass is 10.00. The second kappa shape index (κ2) is 8.34. The standard InChI is InChI=1S/C24H29N3O/c1-16-8-9-23(20(5)11-16)26-24(28)25-14-21-7-6-10-27(21)15-22-18(3)12-17(2)13-19(22)4/h6-13H,14-15H2,1-5H3,(H2,25,26,28). The number of benzene rings is 2. The van der Waals surface area contributed by atoms with E-state index in [4.69, 9.17) is 0 Å². The van der Waals surface area contributed by atoms with Crippen LogP contribution in [0.3, 0.4) is 0 Å². The number of amides is 2. The van der Waals surface area contributed by atoms with E-state index in [2.05, 4.69) is 66.4 Å². The highest BCUT2D eigenvalue weighted by Crippen LogP contribution is 2.19. The van der Waals surface area contributed by atoms with Gasteiger partial charge in [-0.25, -0.2) is 4.79 Å². The van der Waals surface area contributed by atoms with Crippen molar-refractivity contribution in [2.75, 3.05) is 5.32 Å². The maximum Gasteiger partial charge on any atom is 0.319 e. The summed E-state index contributed by atoms with van der Waals surface area (Å²) in [7, 11) is 0. The number of rotatable bonds is 5. The number of nitrogens with zero attached hydrogens (tertiary/aromatic N) is 1. The van der Waals surface area contributed by atoms with E-state index in [0.29, 0.717) is 6.54 Å². The van der Waals surface area contributed by atoms with Gasteiger partial charge in [0, 0.05) is 24.1 Å². The number of hydrogen-bond donors (Lipinski definition) is 2. The van der Waals surface area contributed by atoms with Gasteiger partial charge in [0.2, 0.25) is 0 Å². The van der Waals surface area contributed by atoms with Crippen LogP contribution in [0.5, 0.6) is 0 Å². The van der Waals surface area contributed by atoms with Crippen molar-refractivity contribution in [2.45, 2.75) is 47.7 Å². The van der Waals surface area contributed by atoms with Crippen molar-refractivity contribution in [1.82, 2.24) is 9.88 Å². The molecule has 2 aromatic carbocycles. The SMILES string of the molecule is Cc1ccc(NC(=O)NCc2cccn2Cc2c(C)cc(C)cc2C)c(C)c1. The molecule has 0 atom stereocenters. The van der Waals surface area contributed by atoms with Gasteiger partial charge in [-0.15, -0.1) is 0 Å². The third-order valence-electron chi connectivity index (χ3n) is 5.15. The summed E-state index contributed by atoms with van der Waals surface area (Å²) in [5.41, 5.74) is 9.39. The van der Waals surface area contributed by atoms with Crippen molar-refractivity contribution in [3.05, 3.63) is 87.7 Å². The number of aryl methyl sites for hydroxylation is 5. The Morgan fingerprint density at radius 3 is 2.25 bits per heavy atom. The molecule has 28 heavy (non-hydrogen) atoms. The summed E-state index contributed by atoms with van der Waals surface area (Å²) in [6, 6.07) is 14.3. The van der Waals surface area contributed by atoms with Gasteiger partial charge in [0.25, 0.3) is 0 Å². The lowest BCUT2D eigenvalue weighted by Crippen LogP contribution is -2.29. The predicted octanol–water partition coefficient (Wildman–Crippen LogP) is 5.40. The van der Waals surface area contributed by atoms with Crippen molar-refractivity contribution in [3.8, 4) is 0 Å². The van der Waals surface area contributed by atoms with Gasteiger partial charge in [-0.3, -0.25) is 0 Å². The van der Waals surface area contributed by atoms with Crippen LogP contribution in [0.1, 0.15) is 39.1 Å². The number of aromatic nitrogens is 1. The second-order valence-electron chi connectivity index (χ2n) is 7.63. The van der Waals surface area contributed by atoms with Gasteiger partial charge in [-0.1, -0.05) is 35.4 Å². The van der Waals surface area contributed by atoms with Crippen molar-refractivity contribution < 1.29 is 4.79 Å². The van der Waals surface area contributed by atoms with Gasteiger partial charge in [0.1, 0.15) is 0 Å². The maximum absolute atomic E-state index is 12.3. The third kappa shape index (κ3) is 4.63. The molecule has 0 spiro atoms. The molecule has 3 rings (SSSR count). The summed E-state index contributed by atoms with van der Waals surface area (Å²) in [5.74, 6) is 0. The molecule has 1 aromatic heterocycles. The molecule has 146 valence electrons. The number of carbonyl (C=O) groups excluding carboxylic acids is 1. The van der Waals surface area contributed by atoms with Crippen LogP contribution in [-0.2, 0) is 13.1 Å². The Balaban J connectivity index is 1.65. The molecular formula is C24H29N3O. The first-order chi connectivity index (χ1) is 13.3. The number of urea groups is 1. The van der Waals surface area contributed by atoms with Gasteiger partial charge >= 0.3 is 6.03 Å². The van der Waals surface area contributed by atoms with Crippen LogP contribution < -0.4 is 10.6 Å². The van der Waals surface area contributed by atoms with Crippen LogP contribution in [0.15, 0.2) is 48.7 Å². The molecule has 0 aliphatic rings. The average Bonchev–Trinajstić information content (AvgIpc) is 3.06. The van der Waals surface area contributed by atoms with E-state index in [1.165, 1.54) is 27.8 Å². The quantitative estimate of drug-likeness (QED) is 0.616. The first-order valence-corrected chi connectivity index (χ1v) is 9.66. The Labute approximate surface area is 167 Å². The van der Waals surface area contributed by atoms with Gasteiger partial charge in [-0.2, -0.15) is 0 Å². The molecule has 3 aromatic rings. The fourth-order valence-electron chi connectivity index (χ4n) is 3.69. The lowest BCUT2D eigenvalue weighted by Gasteiger charge is -2.16. The first-order valence-electron chi connectivity index (χ1n) is 9.66. The molecule has 2 N–H and O–H groups in total. The molecule has 4 nitrogen and oxygen atoms in total. The first kappa shape index (κ1) is 19.7. The molecular weight excluding hydrogens is 346 g/mol. The highest BCUT2D eigenvalue weighted by Gasteiger charge is 2.09. The molecule has 2 amide bonds. The van der Waals surface area contributed by atoms with E-state index in [1.807, 2.05) is 32.0 Å². The minimum Gasteiger partial charge on any atom is -0.345 e. The van der Waals surface area contributed by atoms with Crippen LogP contribution in [-0.4, -0.2) is 10.6 Å². The second-order valence-corrected chi connectivity index (χ2v) is 7.63. The van der Waals surface area contributed by atoms with Gasteiger partial charge in [0.15, 0.2) is 0 Å². The van der Waals surface area contributed by atoms with E-state index in [9.17, 15) is 4.79 Å². The molecule has 0 bridgehead atoms. The van der Waals surface area contributed by atoms with Gasteiger partial charge in [0.05, 0.1) is 6.54 Å². The molecule has 0 fully saturated rings. The molecule has 0 saturated heterocycles. The lowest BCUT2D eigenvalue weighted by molar-refractivity contribution is 0.251. The summed E-state index contributed by atoms with van der Waals surface area (Å²) in [4.78, 5) is 12.3. The van der Waals surface area contributed by atoms with E-state index < -0.39 is 0 Å². The summed E-state index contributed by atoms with van der Waals surface area (Å²) in [6.07, 6.45) is 2.07. The van der Waals surface area contributed by atoms with Crippen molar-refractivity contribution in [2.24, 2.45) is 0 Å². The van der Waals surface area contributed by atoms with Crippen molar-refractivity contribution >= 4 is 11.7 Å². The molecule has 0 radical (unpaired) electrons. The number of hydrogen-bond acceptors (Lipinski definition) is 1. The minimum atomic E-state index is -0.192. The summed E-state index contributed by atoms with van der Waals surface area (Å²) < 4.78 is 2.20. The fourth-order valence-corrected chi connectivity index (χ4v) is 3.69. The zero-order chi connectivity index (χ0) is 20.3. The van der Waals surface area contributed by atoms with E-state index in [1.54, 1.807) is 0 Å². The Morgan fingerprint density at radius 2 is 1.57 bits per heavy atom. The topological polar surface area (TPSA) is 46.1 Å². The van der Waals surface area contributed by atoms with Crippen LogP contribution in [0, 0.1) is 34.6 Å². The average molecular weight is 376 g/mol. The molecule has 4 heteroatoms. The van der Waals surface area contributed by atoms with Gasteiger partial charge < -0.3 is 15.2 Å². The van der Waals surface area contributed by atoms with Crippen LogP contribution in [0.4, 0.5) is 10.5 Å². The monoisotopic (exact) mass is 375 g/mol. The summed E-state index contributed by atoms with van der Waals surface area (Å²) in [5, 5.41) is 5.90. The normalized spacial score (nSPS) is 10.8. The largest absolute Gasteiger partial charge is 0.345 e. The molecule has 1 heterocycles. The Hall–Kier alpha value is -3.01. The molecule has 0 saturated carbocycles. The highest BCUT2D eigenvalue weighted by molar-refractivity contribution is 5.90. The zero-order valence-corrected chi connectivity index (χ0v) is 17.4. The molecule has 0 aliphatic heterocycles. The Kier molecular flexibility index (Phi) is 5.88. The summed E-state index contributed by atoms with van der Waals surface area (Å²) in [6.45, 7) is 11.8. The fraction of sp³-hybridized carbons (Fsp3) is 0.292. The molecule has 0 aliphatic carbocycles. The van der Waals surface area contributed by atoms with Gasteiger partial charge in [-0.05, 0) is 75.1 Å². The number of anilines is 1. The maximum atomic E-state index is 12.3. The van der Waals surface area contributed by atoms with E-state index in [-0.39, 0.29) is 6.03 Å². The Morgan fingerprint density at radius 1 is 0.893 bits per heavy atom. The predicted molar refractivity (Wildman–Crippen MR) is 116 cm³/mol. The van der Waals surface area contributed by atoms with Crippen LogP contribution >= 0.6 is 0 Å². The van der Waals surface area contributed by atoms with Crippen LogP contribution in [0.2, 0.25) is 0 Å².